The first kappa shape index (κ1) is 9.93. The Kier molecular flexibility index (Phi) is 2.46. The van der Waals surface area contributed by atoms with Gasteiger partial charge in [0.25, 0.3) is 0 Å². The van der Waals surface area contributed by atoms with Crippen molar-refractivity contribution in [2.75, 3.05) is 31.2 Å². The van der Waals surface area contributed by atoms with Gasteiger partial charge in [0, 0.05) is 18.8 Å². The van der Waals surface area contributed by atoms with Crippen molar-refractivity contribution < 1.29 is 14.6 Å². The zero-order valence-corrected chi connectivity index (χ0v) is 9.00. The van der Waals surface area contributed by atoms with Crippen LogP contribution in [-0.2, 0) is 9.47 Å². The number of ether oxygens (including phenoxy) is 2. The normalized spacial score (nSPS) is 26.5. The third-order valence-electron chi connectivity index (χ3n) is 2.87. The van der Waals surface area contributed by atoms with Crippen molar-refractivity contribution in [1.82, 2.24) is 0 Å². The third-order valence-corrected chi connectivity index (χ3v) is 2.87. The highest BCUT2D eigenvalue weighted by Crippen LogP contribution is 2.23. The summed E-state index contributed by atoms with van der Waals surface area (Å²) in [6.07, 6.45) is 0.736. The van der Waals surface area contributed by atoms with Crippen molar-refractivity contribution in [3.05, 3.63) is 24.3 Å². The Morgan fingerprint density at radius 2 is 1.56 bits per heavy atom. The lowest BCUT2D eigenvalue weighted by atomic mass is 10.2. The van der Waals surface area contributed by atoms with Crippen LogP contribution in [0.3, 0.4) is 0 Å². The predicted octanol–water partition coefficient (Wildman–Crippen LogP) is 0.996. The summed E-state index contributed by atoms with van der Waals surface area (Å²) in [5.74, 6) is 0.300. The molecule has 4 nitrogen and oxygen atoms in total. The van der Waals surface area contributed by atoms with Gasteiger partial charge < -0.3 is 19.5 Å². The lowest BCUT2D eigenvalue weighted by Crippen LogP contribution is -2.31. The van der Waals surface area contributed by atoms with Crippen LogP contribution in [0.5, 0.6) is 5.75 Å². The molecule has 0 amide bonds. The topological polar surface area (TPSA) is 48.5 Å². The highest BCUT2D eigenvalue weighted by atomic mass is 16.6. The number of benzene rings is 1. The average Bonchev–Trinajstić information content (AvgIpc) is 3.12. The van der Waals surface area contributed by atoms with E-state index < -0.39 is 0 Å². The lowest BCUT2D eigenvalue weighted by Gasteiger charge is -2.23. The smallest absolute Gasteiger partial charge is 0.115 e. The van der Waals surface area contributed by atoms with Crippen LogP contribution in [-0.4, -0.2) is 43.6 Å². The van der Waals surface area contributed by atoms with Gasteiger partial charge in [-0.2, -0.15) is 0 Å². The van der Waals surface area contributed by atoms with Gasteiger partial charge in [-0.05, 0) is 24.3 Å². The fourth-order valence-corrected chi connectivity index (χ4v) is 1.79. The van der Waals surface area contributed by atoms with Crippen LogP contribution in [0, 0.1) is 0 Å². The van der Waals surface area contributed by atoms with Gasteiger partial charge in [0.15, 0.2) is 0 Å². The minimum Gasteiger partial charge on any atom is -0.508 e. The molecule has 2 atom stereocenters. The number of anilines is 1. The zero-order valence-electron chi connectivity index (χ0n) is 9.00. The second-order valence-corrected chi connectivity index (χ2v) is 4.33. The number of rotatable bonds is 5. The van der Waals surface area contributed by atoms with Gasteiger partial charge in [-0.1, -0.05) is 0 Å². The molecule has 0 spiro atoms. The number of nitrogens with zero attached hydrogens (tertiary/aromatic N) is 1. The van der Waals surface area contributed by atoms with Gasteiger partial charge in [-0.15, -0.1) is 0 Å². The molecule has 86 valence electrons. The molecule has 3 rings (SSSR count). The van der Waals surface area contributed by atoms with Gasteiger partial charge in [0.05, 0.1) is 25.4 Å². The van der Waals surface area contributed by atoms with E-state index in [2.05, 4.69) is 4.90 Å². The van der Waals surface area contributed by atoms with Crippen LogP contribution in [0.2, 0.25) is 0 Å². The molecule has 0 bridgehead atoms. The second-order valence-electron chi connectivity index (χ2n) is 4.33. The van der Waals surface area contributed by atoms with E-state index in [0.717, 1.165) is 32.0 Å². The molecule has 0 radical (unpaired) electrons. The molecule has 16 heavy (non-hydrogen) atoms. The number of phenolic OH excluding ortho intramolecular Hbond substituents is 1. The number of epoxide rings is 2. The Bertz CT molecular complexity index is 343. The number of phenols is 1. The van der Waals surface area contributed by atoms with Gasteiger partial charge in [0.1, 0.15) is 5.75 Å². The molecular formula is C12H15NO3. The summed E-state index contributed by atoms with van der Waals surface area (Å²) in [5.41, 5.74) is 1.11. The van der Waals surface area contributed by atoms with Crippen molar-refractivity contribution in [3.63, 3.8) is 0 Å². The first-order valence-corrected chi connectivity index (χ1v) is 5.58. The summed E-state index contributed by atoms with van der Waals surface area (Å²) in [6, 6.07) is 7.29. The maximum atomic E-state index is 9.26. The molecule has 0 aromatic heterocycles. The molecular weight excluding hydrogens is 206 g/mol. The fourth-order valence-electron chi connectivity index (χ4n) is 1.79. The summed E-state index contributed by atoms with van der Waals surface area (Å²) in [7, 11) is 0. The fraction of sp³-hybridized carbons (Fsp3) is 0.500. The molecule has 1 N–H and O–H groups in total. The van der Waals surface area contributed by atoms with Gasteiger partial charge in [-0.3, -0.25) is 0 Å². The Balaban J connectivity index is 1.71. The molecule has 4 heteroatoms. The maximum absolute atomic E-state index is 9.26. The minimum atomic E-state index is 0.300. The Labute approximate surface area is 94.4 Å². The lowest BCUT2D eigenvalue weighted by molar-refractivity contribution is 0.389. The van der Waals surface area contributed by atoms with Gasteiger partial charge in [0.2, 0.25) is 0 Å². The van der Waals surface area contributed by atoms with Crippen molar-refractivity contribution >= 4 is 5.69 Å². The SMILES string of the molecule is Oc1ccc(N(CC2CO2)C[C@H]2CO2)cc1. The number of hydrogen-bond donors (Lipinski definition) is 1. The summed E-state index contributed by atoms with van der Waals surface area (Å²) in [6.45, 7) is 3.54. The van der Waals surface area contributed by atoms with E-state index in [1.807, 2.05) is 12.1 Å². The summed E-state index contributed by atoms with van der Waals surface area (Å²) in [4.78, 5) is 2.26. The van der Waals surface area contributed by atoms with E-state index in [1.54, 1.807) is 12.1 Å². The molecule has 1 aromatic rings. The number of hydrogen-bond acceptors (Lipinski definition) is 4. The molecule has 1 unspecified atom stereocenters. The Hall–Kier alpha value is -1.26. The first-order chi connectivity index (χ1) is 7.81. The number of aromatic hydroxyl groups is 1. The van der Waals surface area contributed by atoms with Gasteiger partial charge in [-0.25, -0.2) is 0 Å². The van der Waals surface area contributed by atoms with E-state index in [9.17, 15) is 5.11 Å². The van der Waals surface area contributed by atoms with Crippen molar-refractivity contribution in [1.29, 1.82) is 0 Å². The first-order valence-electron chi connectivity index (χ1n) is 5.58. The molecule has 2 aliphatic heterocycles. The quantitative estimate of drug-likeness (QED) is 0.753. The standard InChI is InChI=1S/C12H15NO3/c14-10-3-1-9(2-4-10)13(5-11-7-15-11)6-12-8-16-12/h1-4,11-12,14H,5-8H2/t11-,12?/m0/s1. The van der Waals surface area contributed by atoms with Crippen LogP contribution in [0.25, 0.3) is 0 Å². The van der Waals surface area contributed by atoms with E-state index in [0.29, 0.717) is 18.0 Å². The summed E-state index contributed by atoms with van der Waals surface area (Å²) in [5, 5.41) is 9.26. The maximum Gasteiger partial charge on any atom is 0.115 e. The average molecular weight is 221 g/mol. The van der Waals surface area contributed by atoms with Crippen LogP contribution in [0.15, 0.2) is 24.3 Å². The van der Waals surface area contributed by atoms with Crippen LogP contribution in [0.1, 0.15) is 0 Å². The molecule has 2 fully saturated rings. The summed E-state index contributed by atoms with van der Waals surface area (Å²) < 4.78 is 10.5. The minimum absolute atomic E-state index is 0.300. The molecule has 2 saturated heterocycles. The van der Waals surface area contributed by atoms with Crippen LogP contribution >= 0.6 is 0 Å². The monoisotopic (exact) mass is 221 g/mol. The van der Waals surface area contributed by atoms with Crippen LogP contribution in [0.4, 0.5) is 5.69 Å². The zero-order chi connectivity index (χ0) is 11.0. The summed E-state index contributed by atoms with van der Waals surface area (Å²) >= 11 is 0. The Morgan fingerprint density at radius 1 is 1.06 bits per heavy atom. The highest BCUT2D eigenvalue weighted by Gasteiger charge is 2.30. The molecule has 0 saturated carbocycles. The van der Waals surface area contributed by atoms with Crippen LogP contribution < -0.4 is 4.90 Å². The van der Waals surface area contributed by atoms with Crippen molar-refractivity contribution in [2.24, 2.45) is 0 Å². The predicted molar refractivity (Wildman–Crippen MR) is 59.8 cm³/mol. The van der Waals surface area contributed by atoms with Gasteiger partial charge >= 0.3 is 0 Å². The van der Waals surface area contributed by atoms with Crippen molar-refractivity contribution in [3.8, 4) is 5.75 Å². The van der Waals surface area contributed by atoms with E-state index in [-0.39, 0.29) is 0 Å². The van der Waals surface area contributed by atoms with Crippen molar-refractivity contribution in [2.45, 2.75) is 12.2 Å². The molecule has 2 heterocycles. The van der Waals surface area contributed by atoms with E-state index in [1.165, 1.54) is 0 Å². The third kappa shape index (κ3) is 2.46. The molecule has 1 aromatic carbocycles. The molecule has 2 aliphatic rings. The molecule has 0 aliphatic carbocycles. The van der Waals surface area contributed by atoms with E-state index in [4.69, 9.17) is 9.47 Å². The second kappa shape index (κ2) is 3.96. The largest absolute Gasteiger partial charge is 0.508 e. The highest BCUT2D eigenvalue weighted by molar-refractivity contribution is 5.49. The Morgan fingerprint density at radius 3 is 2.00 bits per heavy atom. The van der Waals surface area contributed by atoms with E-state index >= 15 is 0 Å².